The first-order valence-electron chi connectivity index (χ1n) is 5.61. The van der Waals surface area contributed by atoms with Crippen molar-refractivity contribution < 1.29 is 14.6 Å². The van der Waals surface area contributed by atoms with Crippen molar-refractivity contribution in [3.8, 4) is 5.75 Å². The molecule has 0 bridgehead atoms. The number of hydrogen-bond acceptors (Lipinski definition) is 3. The highest BCUT2D eigenvalue weighted by Gasteiger charge is 2.61. The molecule has 3 rings (SSSR count). The Kier molecular flexibility index (Phi) is 1.76. The van der Waals surface area contributed by atoms with E-state index in [9.17, 15) is 5.11 Å². The van der Waals surface area contributed by atoms with Crippen molar-refractivity contribution >= 4 is 0 Å². The Labute approximate surface area is 95.0 Å². The number of aryl methyl sites for hydroxylation is 1. The van der Waals surface area contributed by atoms with Gasteiger partial charge in [-0.1, -0.05) is 12.1 Å². The van der Waals surface area contributed by atoms with Crippen molar-refractivity contribution in [2.75, 3.05) is 0 Å². The third-order valence-corrected chi connectivity index (χ3v) is 3.98. The van der Waals surface area contributed by atoms with Crippen LogP contribution in [-0.2, 0) is 10.2 Å². The molecule has 0 radical (unpaired) electrons. The molecule has 0 unspecified atom stereocenters. The van der Waals surface area contributed by atoms with Crippen LogP contribution in [0.4, 0.5) is 0 Å². The minimum absolute atomic E-state index is 0.255. The minimum Gasteiger partial charge on any atom is -0.461 e. The summed E-state index contributed by atoms with van der Waals surface area (Å²) in [7, 11) is 0. The van der Waals surface area contributed by atoms with Crippen molar-refractivity contribution in [3.05, 3.63) is 29.3 Å². The van der Waals surface area contributed by atoms with E-state index in [0.29, 0.717) is 6.42 Å². The van der Waals surface area contributed by atoms with E-state index >= 15 is 0 Å². The predicted molar refractivity (Wildman–Crippen MR) is 59.3 cm³/mol. The van der Waals surface area contributed by atoms with Crippen LogP contribution in [0.15, 0.2) is 18.2 Å². The molecule has 1 N–H and O–H groups in total. The fourth-order valence-corrected chi connectivity index (χ4v) is 2.84. The molecule has 86 valence electrons. The van der Waals surface area contributed by atoms with Crippen molar-refractivity contribution in [1.29, 1.82) is 0 Å². The standard InChI is InChI=1S/C13H16O3/c1-8-4-5-9-10(6-8)15-13(3)12(9,2)7-11(14)16-13/h4-6,11,14H,7H2,1-3H3/t11-,12-,13-/m0/s1. The van der Waals surface area contributed by atoms with Crippen LogP contribution in [0.25, 0.3) is 0 Å². The predicted octanol–water partition coefficient (Wildman–Crippen LogP) is 2.10. The molecule has 1 saturated heterocycles. The molecule has 0 saturated carbocycles. The zero-order valence-electron chi connectivity index (χ0n) is 9.78. The van der Waals surface area contributed by atoms with Crippen LogP contribution in [0.1, 0.15) is 31.4 Å². The van der Waals surface area contributed by atoms with Gasteiger partial charge in [0.15, 0.2) is 6.29 Å². The molecule has 1 aromatic carbocycles. The molecular formula is C13H16O3. The van der Waals surface area contributed by atoms with E-state index in [1.54, 1.807) is 0 Å². The Bertz CT molecular complexity index is 456. The lowest BCUT2D eigenvalue weighted by Gasteiger charge is -2.30. The van der Waals surface area contributed by atoms with E-state index in [1.165, 1.54) is 5.56 Å². The Morgan fingerprint density at radius 3 is 2.88 bits per heavy atom. The highest BCUT2D eigenvalue weighted by Crippen LogP contribution is 2.56. The molecule has 16 heavy (non-hydrogen) atoms. The van der Waals surface area contributed by atoms with E-state index < -0.39 is 12.1 Å². The number of aliphatic hydroxyl groups excluding tert-OH is 1. The molecule has 0 amide bonds. The normalized spacial score (nSPS) is 40.4. The molecule has 0 aliphatic carbocycles. The first-order chi connectivity index (χ1) is 7.45. The van der Waals surface area contributed by atoms with Crippen molar-refractivity contribution in [1.82, 2.24) is 0 Å². The Balaban J connectivity index is 2.17. The molecule has 1 fully saturated rings. The lowest BCUT2D eigenvalue weighted by Crippen LogP contribution is -2.43. The maximum atomic E-state index is 9.64. The van der Waals surface area contributed by atoms with Gasteiger partial charge in [-0.3, -0.25) is 0 Å². The first kappa shape index (κ1) is 10.1. The zero-order valence-corrected chi connectivity index (χ0v) is 9.78. The van der Waals surface area contributed by atoms with Gasteiger partial charge in [-0.25, -0.2) is 0 Å². The summed E-state index contributed by atoms with van der Waals surface area (Å²) in [5, 5.41) is 9.64. The average molecular weight is 220 g/mol. The summed E-state index contributed by atoms with van der Waals surface area (Å²) >= 11 is 0. The number of aliphatic hydroxyl groups is 1. The summed E-state index contributed by atoms with van der Waals surface area (Å²) in [6.45, 7) is 6.03. The van der Waals surface area contributed by atoms with Crippen LogP contribution < -0.4 is 4.74 Å². The van der Waals surface area contributed by atoms with Gasteiger partial charge in [0, 0.05) is 18.9 Å². The van der Waals surface area contributed by atoms with Gasteiger partial charge in [-0.2, -0.15) is 0 Å². The third kappa shape index (κ3) is 1.05. The highest BCUT2D eigenvalue weighted by molar-refractivity contribution is 5.48. The molecule has 3 nitrogen and oxygen atoms in total. The lowest BCUT2D eigenvalue weighted by atomic mass is 9.76. The van der Waals surface area contributed by atoms with Crippen LogP contribution >= 0.6 is 0 Å². The monoisotopic (exact) mass is 220 g/mol. The van der Waals surface area contributed by atoms with Gasteiger partial charge in [0.2, 0.25) is 5.79 Å². The summed E-state index contributed by atoms with van der Waals surface area (Å²) in [5.41, 5.74) is 2.05. The van der Waals surface area contributed by atoms with Gasteiger partial charge in [0.1, 0.15) is 5.75 Å². The fraction of sp³-hybridized carbons (Fsp3) is 0.538. The maximum absolute atomic E-state index is 9.64. The van der Waals surface area contributed by atoms with E-state index in [4.69, 9.17) is 9.47 Å². The fourth-order valence-electron chi connectivity index (χ4n) is 2.84. The average Bonchev–Trinajstić information content (AvgIpc) is 2.47. The van der Waals surface area contributed by atoms with Crippen LogP contribution in [0.5, 0.6) is 5.75 Å². The Morgan fingerprint density at radius 2 is 2.12 bits per heavy atom. The van der Waals surface area contributed by atoms with Gasteiger partial charge < -0.3 is 14.6 Å². The number of benzene rings is 1. The molecule has 0 spiro atoms. The number of rotatable bonds is 0. The highest BCUT2D eigenvalue weighted by atomic mass is 16.8. The van der Waals surface area contributed by atoms with Crippen LogP contribution in [0.2, 0.25) is 0 Å². The van der Waals surface area contributed by atoms with E-state index in [1.807, 2.05) is 19.9 Å². The smallest absolute Gasteiger partial charge is 0.219 e. The van der Waals surface area contributed by atoms with E-state index in [2.05, 4.69) is 19.1 Å². The second kappa shape index (κ2) is 2.79. The number of hydrogen-bond donors (Lipinski definition) is 1. The molecule has 3 atom stereocenters. The van der Waals surface area contributed by atoms with Crippen molar-refractivity contribution in [2.45, 2.75) is 44.7 Å². The number of ether oxygens (including phenoxy) is 2. The van der Waals surface area contributed by atoms with Crippen LogP contribution in [-0.4, -0.2) is 17.2 Å². The van der Waals surface area contributed by atoms with E-state index in [0.717, 1.165) is 11.3 Å². The quantitative estimate of drug-likeness (QED) is 0.727. The van der Waals surface area contributed by atoms with Gasteiger partial charge >= 0.3 is 0 Å². The second-order valence-electron chi connectivity index (χ2n) is 5.16. The Morgan fingerprint density at radius 1 is 1.38 bits per heavy atom. The molecule has 2 aliphatic heterocycles. The summed E-state index contributed by atoms with van der Waals surface area (Å²) in [6, 6.07) is 6.18. The van der Waals surface area contributed by atoms with Gasteiger partial charge in [-0.05, 0) is 25.5 Å². The molecule has 2 heterocycles. The largest absolute Gasteiger partial charge is 0.461 e. The van der Waals surface area contributed by atoms with Crippen molar-refractivity contribution in [2.24, 2.45) is 0 Å². The first-order valence-corrected chi connectivity index (χ1v) is 5.61. The minimum atomic E-state index is -0.734. The molecule has 2 aliphatic rings. The topological polar surface area (TPSA) is 38.7 Å². The number of fused-ring (bicyclic) bond motifs is 3. The van der Waals surface area contributed by atoms with Crippen LogP contribution in [0, 0.1) is 6.92 Å². The van der Waals surface area contributed by atoms with E-state index in [-0.39, 0.29) is 5.41 Å². The summed E-state index contributed by atoms with van der Waals surface area (Å²) in [5.74, 6) is 0.152. The SMILES string of the molecule is Cc1ccc2c(c1)O[C@@]1(C)O[C@H](O)C[C@@]21C. The molecule has 0 aromatic heterocycles. The van der Waals surface area contributed by atoms with Crippen LogP contribution in [0.3, 0.4) is 0 Å². The molecule has 3 heteroatoms. The van der Waals surface area contributed by atoms with Gasteiger partial charge in [-0.15, -0.1) is 0 Å². The lowest BCUT2D eigenvalue weighted by molar-refractivity contribution is -0.216. The zero-order chi connectivity index (χ0) is 11.6. The van der Waals surface area contributed by atoms with Gasteiger partial charge in [0.25, 0.3) is 0 Å². The summed E-state index contributed by atoms with van der Waals surface area (Å²) < 4.78 is 11.4. The third-order valence-electron chi connectivity index (χ3n) is 3.98. The molecule has 1 aromatic rings. The second-order valence-corrected chi connectivity index (χ2v) is 5.16. The Hall–Kier alpha value is -1.06. The maximum Gasteiger partial charge on any atom is 0.219 e. The van der Waals surface area contributed by atoms with Crippen molar-refractivity contribution in [3.63, 3.8) is 0 Å². The summed E-state index contributed by atoms with van der Waals surface area (Å²) in [6.07, 6.45) is -0.149. The summed E-state index contributed by atoms with van der Waals surface area (Å²) in [4.78, 5) is 0. The molecular weight excluding hydrogens is 204 g/mol. The van der Waals surface area contributed by atoms with Gasteiger partial charge in [0.05, 0.1) is 5.41 Å².